The van der Waals surface area contributed by atoms with E-state index in [-0.39, 0.29) is 22.7 Å². The number of hydrogen-bond acceptors (Lipinski definition) is 5. The molecular weight excluding hydrogens is 308 g/mol. The molecule has 2 N–H and O–H groups in total. The normalized spacial score (nSPS) is 16.1. The molecule has 1 atom stereocenters. The Kier molecular flexibility index (Phi) is 3.26. The lowest BCUT2D eigenvalue weighted by molar-refractivity contribution is -0.383. The molecular formula is C17H14N4O3. The predicted octanol–water partition coefficient (Wildman–Crippen LogP) is 2.93. The third kappa shape index (κ3) is 2.30. The lowest BCUT2D eigenvalue weighted by Gasteiger charge is -2.16. The fourth-order valence-corrected chi connectivity index (χ4v) is 3.27. The summed E-state index contributed by atoms with van der Waals surface area (Å²) in [5, 5.41) is 14.9. The van der Waals surface area contributed by atoms with Crippen molar-refractivity contribution in [2.75, 3.05) is 5.32 Å². The van der Waals surface area contributed by atoms with Crippen LogP contribution in [-0.2, 0) is 6.42 Å². The zero-order valence-corrected chi connectivity index (χ0v) is 12.7. The van der Waals surface area contributed by atoms with Crippen molar-refractivity contribution >= 4 is 22.3 Å². The van der Waals surface area contributed by atoms with Crippen LogP contribution >= 0.6 is 0 Å². The number of nitrogens with one attached hydrogen (secondary N) is 2. The van der Waals surface area contributed by atoms with E-state index in [2.05, 4.69) is 21.4 Å². The molecule has 0 amide bonds. The van der Waals surface area contributed by atoms with Gasteiger partial charge in [-0.1, -0.05) is 24.3 Å². The number of benzene rings is 2. The summed E-state index contributed by atoms with van der Waals surface area (Å²) >= 11 is 0. The molecule has 3 aromatic rings. The van der Waals surface area contributed by atoms with Crippen molar-refractivity contribution in [1.82, 2.24) is 9.97 Å². The average molecular weight is 322 g/mol. The predicted molar refractivity (Wildman–Crippen MR) is 90.1 cm³/mol. The van der Waals surface area contributed by atoms with E-state index in [4.69, 9.17) is 0 Å². The number of fused-ring (bicyclic) bond motifs is 2. The highest BCUT2D eigenvalue weighted by atomic mass is 16.6. The second-order valence-corrected chi connectivity index (χ2v) is 5.81. The van der Waals surface area contributed by atoms with Crippen LogP contribution in [0, 0.1) is 10.1 Å². The van der Waals surface area contributed by atoms with E-state index in [1.807, 2.05) is 18.2 Å². The topological polar surface area (TPSA) is 101 Å². The lowest BCUT2D eigenvalue weighted by atomic mass is 10.1. The van der Waals surface area contributed by atoms with Gasteiger partial charge < -0.3 is 10.3 Å². The summed E-state index contributed by atoms with van der Waals surface area (Å²) in [6.07, 6.45) is 3.11. The third-order valence-corrected chi connectivity index (χ3v) is 4.42. The van der Waals surface area contributed by atoms with E-state index >= 15 is 0 Å². The van der Waals surface area contributed by atoms with Crippen molar-refractivity contribution in [3.05, 3.63) is 74.3 Å². The van der Waals surface area contributed by atoms with Crippen LogP contribution in [0.4, 0.5) is 11.4 Å². The number of nitro benzene ring substituents is 1. The molecule has 0 bridgehead atoms. The Morgan fingerprint density at radius 2 is 2.12 bits per heavy atom. The molecule has 0 radical (unpaired) electrons. The average Bonchev–Trinajstić information content (AvgIpc) is 2.98. The molecule has 7 heteroatoms. The van der Waals surface area contributed by atoms with Gasteiger partial charge in [-0.2, -0.15) is 0 Å². The summed E-state index contributed by atoms with van der Waals surface area (Å²) in [6, 6.07) is 10.9. The van der Waals surface area contributed by atoms with Crippen LogP contribution in [0.25, 0.3) is 10.9 Å². The smallest absolute Gasteiger partial charge is 0.293 e. The van der Waals surface area contributed by atoms with E-state index < -0.39 is 4.92 Å². The minimum absolute atomic E-state index is 0.0133. The van der Waals surface area contributed by atoms with E-state index in [0.29, 0.717) is 11.2 Å². The quantitative estimate of drug-likeness (QED) is 0.570. The maximum absolute atomic E-state index is 11.8. The van der Waals surface area contributed by atoms with E-state index in [9.17, 15) is 14.9 Å². The molecule has 0 aliphatic heterocycles. The maximum atomic E-state index is 11.8. The number of nitrogens with zero attached hydrogens (tertiary/aromatic N) is 2. The molecule has 7 nitrogen and oxygen atoms in total. The second-order valence-electron chi connectivity index (χ2n) is 5.81. The molecule has 0 saturated heterocycles. The molecule has 0 spiro atoms. The summed E-state index contributed by atoms with van der Waals surface area (Å²) in [5.41, 5.74) is 2.72. The second kappa shape index (κ2) is 5.45. The minimum Gasteiger partial charge on any atom is -0.373 e. The molecule has 120 valence electrons. The number of aryl methyl sites for hydroxylation is 1. The first-order valence-electron chi connectivity index (χ1n) is 7.63. The molecule has 1 aromatic heterocycles. The number of aromatic amines is 1. The van der Waals surface area contributed by atoms with Crippen molar-refractivity contribution < 1.29 is 4.92 Å². The zero-order chi connectivity index (χ0) is 16.7. The number of H-pyrrole nitrogens is 1. The van der Waals surface area contributed by atoms with Crippen LogP contribution in [0.3, 0.4) is 0 Å². The summed E-state index contributed by atoms with van der Waals surface area (Å²) in [5.74, 6) is 0. The first-order chi connectivity index (χ1) is 11.6. The van der Waals surface area contributed by atoms with Gasteiger partial charge in [-0.15, -0.1) is 0 Å². The Hall–Kier alpha value is -3.22. The minimum atomic E-state index is -0.477. The molecule has 0 saturated carbocycles. The van der Waals surface area contributed by atoms with E-state index in [1.165, 1.54) is 18.0 Å². The van der Waals surface area contributed by atoms with Gasteiger partial charge in [0.2, 0.25) is 0 Å². The van der Waals surface area contributed by atoms with E-state index in [0.717, 1.165) is 18.4 Å². The highest BCUT2D eigenvalue weighted by Gasteiger charge is 2.25. The molecule has 0 fully saturated rings. The highest BCUT2D eigenvalue weighted by Crippen LogP contribution is 2.37. The fraction of sp³-hybridized carbons (Fsp3) is 0.176. The molecule has 2 aromatic carbocycles. The maximum Gasteiger partial charge on any atom is 0.293 e. The summed E-state index contributed by atoms with van der Waals surface area (Å²) in [4.78, 5) is 29.3. The summed E-state index contributed by atoms with van der Waals surface area (Å²) < 4.78 is 0. The van der Waals surface area contributed by atoms with Gasteiger partial charge in [-0.3, -0.25) is 14.9 Å². The SMILES string of the molecule is O=c1[nH]cnc2cc(NC3CCc4ccccc43)c([N+](=O)[O-])cc12. The Labute approximate surface area is 136 Å². The van der Waals surface area contributed by atoms with Crippen LogP contribution in [-0.4, -0.2) is 14.9 Å². The summed E-state index contributed by atoms with van der Waals surface area (Å²) in [6.45, 7) is 0. The van der Waals surface area contributed by atoms with Gasteiger partial charge in [0.25, 0.3) is 11.2 Å². The molecule has 1 unspecified atom stereocenters. The lowest BCUT2D eigenvalue weighted by Crippen LogP contribution is -2.11. The van der Waals surface area contributed by atoms with Gasteiger partial charge in [-0.05, 0) is 30.0 Å². The van der Waals surface area contributed by atoms with Crippen molar-refractivity contribution in [2.24, 2.45) is 0 Å². The fourth-order valence-electron chi connectivity index (χ4n) is 3.27. The molecule has 1 aliphatic rings. The Balaban J connectivity index is 1.80. The molecule has 1 heterocycles. The zero-order valence-electron chi connectivity index (χ0n) is 12.7. The highest BCUT2D eigenvalue weighted by molar-refractivity contribution is 5.86. The standard InChI is InChI=1S/C17H14N4O3/c22-17-12-7-16(21(23)24)15(8-14(12)18-9-19-17)20-13-6-5-10-3-1-2-4-11(10)13/h1-4,7-9,13,20H,5-6H2,(H,18,19,22). The van der Waals surface area contributed by atoms with Crippen molar-refractivity contribution in [1.29, 1.82) is 0 Å². The van der Waals surface area contributed by atoms with Gasteiger partial charge in [0.05, 0.1) is 28.2 Å². The monoisotopic (exact) mass is 322 g/mol. The Morgan fingerprint density at radius 3 is 2.96 bits per heavy atom. The molecule has 4 rings (SSSR count). The number of hydrogen-bond donors (Lipinski definition) is 2. The van der Waals surface area contributed by atoms with Crippen LogP contribution in [0.5, 0.6) is 0 Å². The van der Waals surface area contributed by atoms with Gasteiger partial charge in [0, 0.05) is 6.07 Å². The van der Waals surface area contributed by atoms with Gasteiger partial charge in [-0.25, -0.2) is 4.98 Å². The first kappa shape index (κ1) is 14.4. The van der Waals surface area contributed by atoms with Crippen molar-refractivity contribution in [2.45, 2.75) is 18.9 Å². The Bertz CT molecular complexity index is 1010. The van der Waals surface area contributed by atoms with Crippen molar-refractivity contribution in [3.63, 3.8) is 0 Å². The van der Waals surface area contributed by atoms with Crippen LogP contribution in [0.15, 0.2) is 47.5 Å². The Morgan fingerprint density at radius 1 is 1.29 bits per heavy atom. The largest absolute Gasteiger partial charge is 0.373 e. The first-order valence-corrected chi connectivity index (χ1v) is 7.63. The van der Waals surface area contributed by atoms with Crippen LogP contribution < -0.4 is 10.9 Å². The summed E-state index contributed by atoms with van der Waals surface area (Å²) in [7, 11) is 0. The number of nitro groups is 1. The van der Waals surface area contributed by atoms with Crippen molar-refractivity contribution in [3.8, 4) is 0 Å². The van der Waals surface area contributed by atoms with Gasteiger partial charge >= 0.3 is 0 Å². The molecule has 1 aliphatic carbocycles. The molecule has 24 heavy (non-hydrogen) atoms. The number of aromatic nitrogens is 2. The van der Waals surface area contributed by atoms with Gasteiger partial charge in [0.15, 0.2) is 0 Å². The third-order valence-electron chi connectivity index (χ3n) is 4.42. The number of anilines is 1. The number of rotatable bonds is 3. The van der Waals surface area contributed by atoms with E-state index in [1.54, 1.807) is 6.07 Å². The van der Waals surface area contributed by atoms with Gasteiger partial charge in [0.1, 0.15) is 5.69 Å². The van der Waals surface area contributed by atoms with Crippen LogP contribution in [0.1, 0.15) is 23.6 Å². The van der Waals surface area contributed by atoms with Crippen LogP contribution in [0.2, 0.25) is 0 Å².